The number of nitrogens with one attached hydrogen (secondary N) is 1. The quantitative estimate of drug-likeness (QED) is 0.479. The number of amides is 1. The molecule has 1 fully saturated rings. The fraction of sp³-hybridized carbons (Fsp3) is 0.423. The number of hydrogen-bond acceptors (Lipinski definition) is 5. The number of carboxylic acid groups (broad SMARTS) is 1. The van der Waals surface area contributed by atoms with Gasteiger partial charge in [0.2, 0.25) is 0 Å². The van der Waals surface area contributed by atoms with Crippen LogP contribution in [0.15, 0.2) is 42.5 Å². The molecular weight excluding hydrogens is 416 g/mol. The van der Waals surface area contributed by atoms with Crippen LogP contribution in [0.4, 0.5) is 10.6 Å². The second-order valence-corrected chi connectivity index (χ2v) is 9.44. The summed E-state index contributed by atoms with van der Waals surface area (Å²) in [5, 5.41) is 23.5. The maximum Gasteiger partial charge on any atom is 0.404 e. The average Bonchev–Trinajstić information content (AvgIpc) is 2.77. The molecule has 3 aromatic rings. The SMILES string of the molecule is Cc1ccc2c(N3CCCC(C(CC(C)C)NC(=O)O)C3)nc(-c3ccccc3O)nc2c1. The number of aryl methyl sites for hydroxylation is 1. The van der Waals surface area contributed by atoms with E-state index in [4.69, 9.17) is 9.97 Å². The Hall–Kier alpha value is -3.35. The third-order valence-electron chi connectivity index (χ3n) is 6.34. The van der Waals surface area contributed by atoms with Crippen LogP contribution in [-0.2, 0) is 0 Å². The van der Waals surface area contributed by atoms with Crippen LogP contribution in [0.1, 0.15) is 38.7 Å². The van der Waals surface area contributed by atoms with Crippen LogP contribution in [0.5, 0.6) is 5.75 Å². The van der Waals surface area contributed by atoms with E-state index in [1.165, 1.54) is 0 Å². The van der Waals surface area contributed by atoms with Gasteiger partial charge in [-0.1, -0.05) is 32.0 Å². The second kappa shape index (κ2) is 9.65. The van der Waals surface area contributed by atoms with Gasteiger partial charge in [0.1, 0.15) is 11.6 Å². The fourth-order valence-corrected chi connectivity index (χ4v) is 4.81. The Kier molecular flexibility index (Phi) is 6.67. The third-order valence-corrected chi connectivity index (χ3v) is 6.34. The number of fused-ring (bicyclic) bond motifs is 1. The van der Waals surface area contributed by atoms with Crippen LogP contribution in [0.2, 0.25) is 0 Å². The number of hydrogen-bond donors (Lipinski definition) is 3. The smallest absolute Gasteiger partial charge is 0.404 e. The summed E-state index contributed by atoms with van der Waals surface area (Å²) in [6.45, 7) is 7.84. The first-order valence-corrected chi connectivity index (χ1v) is 11.6. The van der Waals surface area contributed by atoms with Crippen LogP contribution in [0.3, 0.4) is 0 Å². The van der Waals surface area contributed by atoms with E-state index in [9.17, 15) is 15.0 Å². The van der Waals surface area contributed by atoms with E-state index in [-0.39, 0.29) is 17.7 Å². The first kappa shape index (κ1) is 22.8. The Morgan fingerprint density at radius 1 is 1.21 bits per heavy atom. The lowest BCUT2D eigenvalue weighted by molar-refractivity contribution is 0.177. The molecule has 3 N–H and O–H groups in total. The first-order valence-electron chi connectivity index (χ1n) is 11.6. The summed E-state index contributed by atoms with van der Waals surface area (Å²) in [4.78, 5) is 23.4. The van der Waals surface area contributed by atoms with Gasteiger partial charge in [0.05, 0.1) is 11.1 Å². The molecule has 2 heterocycles. The number of piperidine rings is 1. The van der Waals surface area contributed by atoms with Gasteiger partial charge < -0.3 is 20.4 Å². The fourth-order valence-electron chi connectivity index (χ4n) is 4.81. The van der Waals surface area contributed by atoms with Crippen LogP contribution in [-0.4, -0.2) is 45.4 Å². The molecule has 1 saturated heterocycles. The number of nitrogens with zero attached hydrogens (tertiary/aromatic N) is 3. The van der Waals surface area contributed by atoms with E-state index in [2.05, 4.69) is 36.2 Å². The van der Waals surface area contributed by atoms with Gasteiger partial charge in [-0.25, -0.2) is 14.8 Å². The van der Waals surface area contributed by atoms with Crippen LogP contribution in [0, 0.1) is 18.8 Å². The van der Waals surface area contributed by atoms with Crippen molar-refractivity contribution in [2.45, 2.75) is 46.1 Å². The maximum absolute atomic E-state index is 11.5. The van der Waals surface area contributed by atoms with Gasteiger partial charge in [0.15, 0.2) is 5.82 Å². The molecule has 1 aliphatic rings. The van der Waals surface area contributed by atoms with Gasteiger partial charge in [-0.2, -0.15) is 0 Å². The average molecular weight is 449 g/mol. The van der Waals surface area contributed by atoms with E-state index < -0.39 is 6.09 Å². The summed E-state index contributed by atoms with van der Waals surface area (Å²) >= 11 is 0. The molecule has 7 nitrogen and oxygen atoms in total. The largest absolute Gasteiger partial charge is 0.507 e. The van der Waals surface area contributed by atoms with E-state index >= 15 is 0 Å². The highest BCUT2D eigenvalue weighted by atomic mass is 16.4. The minimum absolute atomic E-state index is 0.0988. The number of rotatable bonds is 6. The summed E-state index contributed by atoms with van der Waals surface area (Å²) in [6.07, 6.45) is 1.77. The van der Waals surface area contributed by atoms with Gasteiger partial charge in [-0.15, -0.1) is 0 Å². The summed E-state index contributed by atoms with van der Waals surface area (Å²) in [5.41, 5.74) is 2.54. The van der Waals surface area contributed by atoms with E-state index in [1.807, 2.05) is 25.1 Å². The molecule has 4 rings (SSSR count). The Morgan fingerprint density at radius 3 is 2.73 bits per heavy atom. The van der Waals surface area contributed by atoms with E-state index in [0.717, 1.165) is 54.6 Å². The molecule has 33 heavy (non-hydrogen) atoms. The van der Waals surface area contributed by atoms with Gasteiger partial charge in [0.25, 0.3) is 0 Å². The third kappa shape index (κ3) is 5.18. The number of anilines is 1. The monoisotopic (exact) mass is 448 g/mol. The number of aromatic hydroxyl groups is 1. The Labute approximate surface area is 194 Å². The molecule has 0 spiro atoms. The predicted molar refractivity (Wildman–Crippen MR) is 131 cm³/mol. The van der Waals surface area contributed by atoms with E-state index in [0.29, 0.717) is 17.3 Å². The summed E-state index contributed by atoms with van der Waals surface area (Å²) in [7, 11) is 0. The molecule has 0 bridgehead atoms. The number of phenolic OH excluding ortho intramolecular Hbond substituents is 1. The lowest BCUT2D eigenvalue weighted by Gasteiger charge is -2.38. The molecule has 174 valence electrons. The van der Waals surface area contributed by atoms with Crippen molar-refractivity contribution in [3.8, 4) is 17.1 Å². The highest BCUT2D eigenvalue weighted by Gasteiger charge is 2.30. The zero-order valence-electron chi connectivity index (χ0n) is 19.5. The lowest BCUT2D eigenvalue weighted by atomic mass is 9.86. The molecule has 0 aliphatic carbocycles. The molecule has 1 amide bonds. The molecule has 2 unspecified atom stereocenters. The number of aromatic nitrogens is 2. The zero-order valence-corrected chi connectivity index (χ0v) is 19.5. The van der Waals surface area contributed by atoms with Crippen molar-refractivity contribution in [2.24, 2.45) is 11.8 Å². The van der Waals surface area contributed by atoms with Gasteiger partial charge in [-0.3, -0.25) is 0 Å². The minimum Gasteiger partial charge on any atom is -0.507 e. The van der Waals surface area contributed by atoms with Crippen molar-refractivity contribution in [2.75, 3.05) is 18.0 Å². The summed E-state index contributed by atoms with van der Waals surface area (Å²) in [5.74, 6) is 2.07. The second-order valence-electron chi connectivity index (χ2n) is 9.44. The van der Waals surface area contributed by atoms with Crippen molar-refractivity contribution in [1.29, 1.82) is 0 Å². The topological polar surface area (TPSA) is 98.6 Å². The standard InChI is InChI=1S/C26H32N4O3/c1-16(2)13-21(28-26(32)33)18-7-6-12-30(15-18)25-19-11-10-17(3)14-22(19)27-24(29-25)20-8-4-5-9-23(20)31/h4-5,8-11,14,16,18,21,28,31H,6-7,12-13,15H2,1-3H3,(H,32,33). The molecule has 1 aliphatic heterocycles. The van der Waals surface area contributed by atoms with Gasteiger partial charge in [-0.05, 0) is 67.9 Å². The molecule has 7 heteroatoms. The molecular formula is C26H32N4O3. The zero-order chi connectivity index (χ0) is 23.5. The first-order chi connectivity index (χ1) is 15.8. The number of carbonyl (C=O) groups is 1. The number of para-hydroxylation sites is 1. The molecule has 2 aromatic carbocycles. The van der Waals surface area contributed by atoms with Crippen LogP contribution >= 0.6 is 0 Å². The Balaban J connectivity index is 1.74. The van der Waals surface area contributed by atoms with Crippen molar-refractivity contribution in [3.05, 3.63) is 48.0 Å². The number of phenols is 1. The van der Waals surface area contributed by atoms with E-state index in [1.54, 1.807) is 12.1 Å². The van der Waals surface area contributed by atoms with Crippen molar-refractivity contribution in [1.82, 2.24) is 15.3 Å². The van der Waals surface area contributed by atoms with Gasteiger partial charge >= 0.3 is 6.09 Å². The van der Waals surface area contributed by atoms with Crippen LogP contribution < -0.4 is 10.2 Å². The normalized spacial score (nSPS) is 17.3. The molecule has 0 radical (unpaired) electrons. The Morgan fingerprint density at radius 2 is 2.00 bits per heavy atom. The summed E-state index contributed by atoms with van der Waals surface area (Å²) < 4.78 is 0. The van der Waals surface area contributed by atoms with Crippen molar-refractivity contribution >= 4 is 22.8 Å². The van der Waals surface area contributed by atoms with Crippen molar-refractivity contribution < 1.29 is 15.0 Å². The molecule has 0 saturated carbocycles. The predicted octanol–water partition coefficient (Wildman–Crippen LogP) is 5.21. The highest BCUT2D eigenvalue weighted by molar-refractivity contribution is 5.92. The molecule has 2 atom stereocenters. The summed E-state index contributed by atoms with van der Waals surface area (Å²) in [6, 6.07) is 13.2. The maximum atomic E-state index is 11.5. The van der Waals surface area contributed by atoms with Gasteiger partial charge in [0, 0.05) is 24.5 Å². The highest BCUT2D eigenvalue weighted by Crippen LogP contribution is 2.34. The lowest BCUT2D eigenvalue weighted by Crippen LogP contribution is -2.48. The van der Waals surface area contributed by atoms with Crippen LogP contribution in [0.25, 0.3) is 22.3 Å². The molecule has 1 aromatic heterocycles. The minimum atomic E-state index is -0.970. The number of benzene rings is 2. The Bertz CT molecular complexity index is 1150. The van der Waals surface area contributed by atoms with Crippen molar-refractivity contribution in [3.63, 3.8) is 0 Å².